The van der Waals surface area contributed by atoms with Crippen molar-refractivity contribution in [3.05, 3.63) is 33.8 Å². The summed E-state index contributed by atoms with van der Waals surface area (Å²) < 4.78 is 1.08. The standard InChI is InChI=1S/C11H15BrO/c1-7-4-5-10(11(12)6-7)8(2)9(3)13/h4-6,8-9,13H,1-3H3/t8-,9-/m1/s1. The van der Waals surface area contributed by atoms with Crippen LogP contribution in [0.15, 0.2) is 22.7 Å². The van der Waals surface area contributed by atoms with Crippen LogP contribution in [0.5, 0.6) is 0 Å². The van der Waals surface area contributed by atoms with Gasteiger partial charge in [-0.2, -0.15) is 0 Å². The lowest BCUT2D eigenvalue weighted by Gasteiger charge is -2.16. The molecule has 2 atom stereocenters. The Morgan fingerprint density at radius 3 is 2.38 bits per heavy atom. The van der Waals surface area contributed by atoms with Crippen LogP contribution >= 0.6 is 15.9 Å². The average Bonchev–Trinajstić information content (AvgIpc) is 2.03. The van der Waals surface area contributed by atoms with Gasteiger partial charge in [0.05, 0.1) is 6.10 Å². The monoisotopic (exact) mass is 242 g/mol. The molecule has 0 aliphatic rings. The molecule has 0 unspecified atom stereocenters. The van der Waals surface area contributed by atoms with Crippen LogP contribution in [0, 0.1) is 6.92 Å². The molecule has 1 aromatic carbocycles. The summed E-state index contributed by atoms with van der Waals surface area (Å²) in [5.41, 5.74) is 2.40. The van der Waals surface area contributed by atoms with Gasteiger partial charge in [0.1, 0.15) is 0 Å². The van der Waals surface area contributed by atoms with E-state index < -0.39 is 0 Å². The fourth-order valence-corrected chi connectivity index (χ4v) is 2.12. The number of aryl methyl sites for hydroxylation is 1. The van der Waals surface area contributed by atoms with Crippen LogP contribution in [0.2, 0.25) is 0 Å². The van der Waals surface area contributed by atoms with Gasteiger partial charge in [-0.05, 0) is 31.0 Å². The summed E-state index contributed by atoms with van der Waals surface area (Å²) in [7, 11) is 0. The fraction of sp³-hybridized carbons (Fsp3) is 0.455. The minimum Gasteiger partial charge on any atom is -0.393 e. The minimum atomic E-state index is -0.306. The Bertz CT molecular complexity index is 294. The summed E-state index contributed by atoms with van der Waals surface area (Å²) in [5, 5.41) is 9.45. The first-order valence-electron chi connectivity index (χ1n) is 4.46. The molecule has 2 heteroatoms. The summed E-state index contributed by atoms with van der Waals surface area (Å²) in [5.74, 6) is 0.176. The summed E-state index contributed by atoms with van der Waals surface area (Å²) in [6.45, 7) is 5.90. The van der Waals surface area contributed by atoms with Crippen LogP contribution in [0.4, 0.5) is 0 Å². The first-order chi connectivity index (χ1) is 6.02. The van der Waals surface area contributed by atoms with Gasteiger partial charge in [-0.3, -0.25) is 0 Å². The minimum absolute atomic E-state index is 0.176. The Morgan fingerprint density at radius 2 is 1.92 bits per heavy atom. The SMILES string of the molecule is Cc1ccc([C@H](C)[C@@H](C)O)c(Br)c1. The third-order valence-electron chi connectivity index (χ3n) is 2.37. The largest absolute Gasteiger partial charge is 0.393 e. The van der Waals surface area contributed by atoms with Crippen molar-refractivity contribution in [2.45, 2.75) is 32.8 Å². The highest BCUT2D eigenvalue weighted by molar-refractivity contribution is 9.10. The third-order valence-corrected chi connectivity index (χ3v) is 3.06. The van der Waals surface area contributed by atoms with E-state index in [1.165, 1.54) is 11.1 Å². The normalized spacial score (nSPS) is 15.5. The molecule has 0 saturated heterocycles. The number of aliphatic hydroxyl groups excluding tert-OH is 1. The molecule has 0 aliphatic heterocycles. The third kappa shape index (κ3) is 2.55. The van der Waals surface area contributed by atoms with Crippen LogP contribution in [0.3, 0.4) is 0 Å². The molecule has 13 heavy (non-hydrogen) atoms. The quantitative estimate of drug-likeness (QED) is 0.845. The zero-order valence-electron chi connectivity index (χ0n) is 8.21. The van der Waals surface area contributed by atoms with E-state index in [2.05, 4.69) is 41.1 Å². The second-order valence-electron chi connectivity index (χ2n) is 3.55. The number of aliphatic hydroxyl groups is 1. The molecule has 72 valence electrons. The molecule has 0 radical (unpaired) electrons. The molecule has 0 aliphatic carbocycles. The van der Waals surface area contributed by atoms with Gasteiger partial charge >= 0.3 is 0 Å². The fourth-order valence-electron chi connectivity index (χ4n) is 1.26. The van der Waals surface area contributed by atoms with E-state index in [-0.39, 0.29) is 12.0 Å². The lowest BCUT2D eigenvalue weighted by Crippen LogP contribution is -2.11. The molecule has 1 aromatic rings. The highest BCUT2D eigenvalue weighted by Gasteiger charge is 2.13. The molecular weight excluding hydrogens is 228 g/mol. The van der Waals surface area contributed by atoms with Gasteiger partial charge in [0.15, 0.2) is 0 Å². The average molecular weight is 243 g/mol. The number of hydrogen-bond acceptors (Lipinski definition) is 1. The zero-order valence-corrected chi connectivity index (χ0v) is 9.80. The maximum absolute atomic E-state index is 9.45. The van der Waals surface area contributed by atoms with Crippen molar-refractivity contribution in [3.8, 4) is 0 Å². The van der Waals surface area contributed by atoms with Crippen LogP contribution in [0.25, 0.3) is 0 Å². The van der Waals surface area contributed by atoms with Crippen molar-refractivity contribution in [1.29, 1.82) is 0 Å². The Hall–Kier alpha value is -0.340. The predicted octanol–water partition coefficient (Wildman–Crippen LogP) is 3.24. The van der Waals surface area contributed by atoms with Crippen LogP contribution in [-0.2, 0) is 0 Å². The number of halogens is 1. The summed E-state index contributed by atoms with van der Waals surface area (Å²) >= 11 is 3.50. The molecule has 1 N–H and O–H groups in total. The van der Waals surface area contributed by atoms with Gasteiger partial charge in [-0.15, -0.1) is 0 Å². The summed E-state index contributed by atoms with van der Waals surface area (Å²) in [4.78, 5) is 0. The lowest BCUT2D eigenvalue weighted by molar-refractivity contribution is 0.168. The lowest BCUT2D eigenvalue weighted by atomic mass is 9.96. The van der Waals surface area contributed by atoms with E-state index in [0.29, 0.717) is 0 Å². The first-order valence-corrected chi connectivity index (χ1v) is 5.25. The topological polar surface area (TPSA) is 20.2 Å². The molecule has 0 bridgehead atoms. The Labute approximate surface area is 87.9 Å². The maximum Gasteiger partial charge on any atom is 0.0578 e. The molecule has 0 spiro atoms. The van der Waals surface area contributed by atoms with Crippen LogP contribution < -0.4 is 0 Å². The van der Waals surface area contributed by atoms with Gasteiger partial charge in [0.2, 0.25) is 0 Å². The molecule has 1 rings (SSSR count). The van der Waals surface area contributed by atoms with Gasteiger partial charge in [-0.25, -0.2) is 0 Å². The van der Waals surface area contributed by atoms with Crippen LogP contribution in [-0.4, -0.2) is 11.2 Å². The van der Waals surface area contributed by atoms with Gasteiger partial charge < -0.3 is 5.11 Å². The Morgan fingerprint density at radius 1 is 1.31 bits per heavy atom. The van der Waals surface area contributed by atoms with Crippen LogP contribution in [0.1, 0.15) is 30.9 Å². The van der Waals surface area contributed by atoms with Crippen molar-refractivity contribution in [3.63, 3.8) is 0 Å². The molecule has 0 saturated carbocycles. The zero-order chi connectivity index (χ0) is 10.0. The first kappa shape index (κ1) is 10.7. The molecule has 1 nitrogen and oxygen atoms in total. The summed E-state index contributed by atoms with van der Waals surface area (Å²) in [6, 6.07) is 6.21. The molecule has 0 heterocycles. The van der Waals surface area contributed by atoms with E-state index in [1.807, 2.05) is 13.8 Å². The number of rotatable bonds is 2. The van der Waals surface area contributed by atoms with E-state index in [9.17, 15) is 5.11 Å². The van der Waals surface area contributed by atoms with Crippen molar-refractivity contribution in [2.75, 3.05) is 0 Å². The van der Waals surface area contributed by atoms with Crippen molar-refractivity contribution in [2.24, 2.45) is 0 Å². The van der Waals surface area contributed by atoms with E-state index in [4.69, 9.17) is 0 Å². The maximum atomic E-state index is 9.45. The Kier molecular flexibility index (Phi) is 3.51. The molecular formula is C11H15BrO. The van der Waals surface area contributed by atoms with E-state index in [0.717, 1.165) is 4.47 Å². The number of hydrogen-bond donors (Lipinski definition) is 1. The smallest absolute Gasteiger partial charge is 0.0578 e. The molecule has 0 amide bonds. The van der Waals surface area contributed by atoms with Gasteiger partial charge in [0.25, 0.3) is 0 Å². The van der Waals surface area contributed by atoms with Crippen molar-refractivity contribution in [1.82, 2.24) is 0 Å². The second-order valence-corrected chi connectivity index (χ2v) is 4.41. The highest BCUT2D eigenvalue weighted by Crippen LogP contribution is 2.27. The molecule has 0 fully saturated rings. The predicted molar refractivity (Wildman–Crippen MR) is 59.0 cm³/mol. The van der Waals surface area contributed by atoms with Crippen molar-refractivity contribution >= 4 is 15.9 Å². The highest BCUT2D eigenvalue weighted by atomic mass is 79.9. The number of benzene rings is 1. The Balaban J connectivity index is 3.01. The van der Waals surface area contributed by atoms with E-state index >= 15 is 0 Å². The molecule has 0 aromatic heterocycles. The van der Waals surface area contributed by atoms with Gasteiger partial charge in [0, 0.05) is 10.4 Å². The van der Waals surface area contributed by atoms with E-state index in [1.54, 1.807) is 0 Å². The van der Waals surface area contributed by atoms with Crippen molar-refractivity contribution < 1.29 is 5.11 Å². The van der Waals surface area contributed by atoms with Gasteiger partial charge in [-0.1, -0.05) is 35.0 Å². The second kappa shape index (κ2) is 4.25. The summed E-state index contributed by atoms with van der Waals surface area (Å²) in [6.07, 6.45) is -0.306.